The first kappa shape index (κ1) is 5.85. The van der Waals surface area contributed by atoms with Gasteiger partial charge < -0.3 is 5.11 Å². The molecule has 0 aliphatic carbocycles. The summed E-state index contributed by atoms with van der Waals surface area (Å²) in [5, 5.41) is 9.12. The van der Waals surface area contributed by atoms with Gasteiger partial charge in [-0.2, -0.15) is 13.2 Å². The summed E-state index contributed by atoms with van der Waals surface area (Å²) in [6.07, 6.45) is -4.89. The van der Waals surface area contributed by atoms with E-state index in [1.54, 1.807) is 0 Å². The molecule has 0 saturated carbocycles. The van der Waals surface area contributed by atoms with Crippen molar-refractivity contribution in [1.82, 2.24) is 0 Å². The Bertz CT molecular complexity index is 390. The molecule has 0 spiro atoms. The molecule has 0 bridgehead atoms. The lowest BCUT2D eigenvalue weighted by atomic mass is 10.2. The number of hydrogen-bond donors (Lipinski definition) is 1. The average Bonchev–Trinajstić information content (AvgIpc) is 2.09. The Kier molecular flexibility index (Phi) is 1.45. The molecule has 1 rings (SSSR count). The van der Waals surface area contributed by atoms with Gasteiger partial charge in [-0.15, -0.1) is 0 Å². The van der Waals surface area contributed by atoms with Gasteiger partial charge in [0.05, 0.1) is 14.1 Å². The van der Waals surface area contributed by atoms with Gasteiger partial charge in [-0.3, -0.25) is 0 Å². The third-order valence-electron chi connectivity index (χ3n) is 1.03. The van der Waals surface area contributed by atoms with Gasteiger partial charge in [0.25, 0.3) is 0 Å². The number of alkyl halides is 3. The van der Waals surface area contributed by atoms with Crippen LogP contribution in [0.2, 0.25) is 0 Å². The Labute approximate surface area is 79.2 Å². The predicted octanol–water partition coefficient (Wildman–Crippen LogP) is 3.17. The molecule has 0 atom stereocenters. The van der Waals surface area contributed by atoms with E-state index in [4.69, 9.17) is 9.22 Å². The van der Waals surface area contributed by atoms with Crippen LogP contribution in [-0.4, -0.2) is 5.11 Å². The zero-order chi connectivity index (χ0) is 12.0. The van der Waals surface area contributed by atoms with E-state index in [2.05, 4.69) is 15.9 Å². The van der Waals surface area contributed by atoms with E-state index >= 15 is 0 Å². The molecule has 0 fully saturated rings. The van der Waals surface area contributed by atoms with Crippen LogP contribution in [0.1, 0.15) is 9.68 Å². The molecule has 66 valence electrons. The number of phenolic OH excluding ortho intramolecular Hbond substituents is 1. The van der Waals surface area contributed by atoms with Crippen molar-refractivity contribution < 1.29 is 22.4 Å². The van der Waals surface area contributed by atoms with Crippen LogP contribution in [0.25, 0.3) is 0 Å². The van der Waals surface area contributed by atoms with Crippen LogP contribution in [0, 0.1) is 0 Å². The largest absolute Gasteiger partial charge is 0.507 e. The van der Waals surface area contributed by atoms with Crippen LogP contribution < -0.4 is 0 Å². The van der Waals surface area contributed by atoms with Crippen LogP contribution in [-0.2, 0) is 6.18 Å². The fourth-order valence-electron chi connectivity index (χ4n) is 0.519. The summed E-state index contributed by atoms with van der Waals surface area (Å²) >= 11 is 2.57. The van der Waals surface area contributed by atoms with Crippen molar-refractivity contribution in [3.05, 3.63) is 28.2 Å². The summed E-state index contributed by atoms with van der Waals surface area (Å²) in [6.45, 7) is 0. The highest BCUT2D eigenvalue weighted by Gasteiger charge is 2.30. The molecule has 0 aliphatic rings. The first-order valence-electron chi connectivity index (χ1n) is 4.23. The van der Waals surface area contributed by atoms with E-state index in [9.17, 15) is 13.2 Å². The van der Waals surface area contributed by atoms with Crippen molar-refractivity contribution in [2.24, 2.45) is 0 Å². The summed E-state index contributed by atoms with van der Waals surface area (Å²) in [4.78, 5) is 0. The van der Waals surface area contributed by atoms with Crippen molar-refractivity contribution in [3.63, 3.8) is 0 Å². The maximum atomic E-state index is 12.4. The Morgan fingerprint density at radius 3 is 2.50 bits per heavy atom. The molecule has 0 unspecified atom stereocenters. The zero-order valence-corrected chi connectivity index (χ0v) is 7.05. The minimum atomic E-state index is -4.89. The second kappa shape index (κ2) is 2.97. The molecule has 1 N–H and O–H groups in total. The van der Waals surface area contributed by atoms with Crippen molar-refractivity contribution in [2.75, 3.05) is 0 Å². The molecule has 1 nitrogen and oxygen atoms in total. The smallest absolute Gasteiger partial charge is 0.416 e. The van der Waals surface area contributed by atoms with Gasteiger partial charge in [0.15, 0.2) is 0 Å². The number of halogens is 4. The topological polar surface area (TPSA) is 20.2 Å². The van der Waals surface area contributed by atoms with Crippen LogP contribution in [0.15, 0.2) is 22.6 Å². The number of aromatic hydroxyl groups is 1. The molecular formula is C7H4BrF3O. The number of benzene rings is 1. The molecule has 0 aliphatic heterocycles. The van der Waals surface area contributed by atoms with Gasteiger partial charge in [0.1, 0.15) is 5.75 Å². The Morgan fingerprint density at radius 2 is 2.00 bits per heavy atom. The fourth-order valence-corrected chi connectivity index (χ4v) is 0.816. The first-order valence-corrected chi connectivity index (χ1v) is 3.52. The van der Waals surface area contributed by atoms with Crippen molar-refractivity contribution in [2.45, 2.75) is 6.18 Å². The van der Waals surface area contributed by atoms with E-state index in [1.807, 2.05) is 0 Å². The summed E-state index contributed by atoms with van der Waals surface area (Å²) in [5.74, 6) is -0.835. The van der Waals surface area contributed by atoms with Crippen molar-refractivity contribution in [3.8, 4) is 5.75 Å². The predicted molar refractivity (Wildman–Crippen MR) is 40.8 cm³/mol. The lowest BCUT2D eigenvalue weighted by molar-refractivity contribution is -0.137. The van der Waals surface area contributed by atoms with Gasteiger partial charge in [0, 0.05) is 0 Å². The van der Waals surface area contributed by atoms with Gasteiger partial charge >= 0.3 is 6.18 Å². The number of rotatable bonds is 0. The molecule has 0 heterocycles. The van der Waals surface area contributed by atoms with Crippen LogP contribution in [0.4, 0.5) is 13.2 Å². The molecule has 0 saturated heterocycles. The molecule has 5 heteroatoms. The second-order valence-corrected chi connectivity index (χ2v) is 2.70. The van der Waals surface area contributed by atoms with Crippen molar-refractivity contribution in [1.29, 1.82) is 0 Å². The summed E-state index contributed by atoms with van der Waals surface area (Å²) in [6, 6.07) is -3.20. The Morgan fingerprint density at radius 1 is 1.42 bits per heavy atom. The average molecular weight is 244 g/mol. The highest BCUT2D eigenvalue weighted by Crippen LogP contribution is 2.34. The van der Waals surface area contributed by atoms with Gasteiger partial charge in [-0.1, -0.05) is 0 Å². The zero-order valence-electron chi connectivity index (χ0n) is 8.46. The summed E-state index contributed by atoms with van der Waals surface area (Å²) in [5.41, 5.74) is -1.53. The highest BCUT2D eigenvalue weighted by molar-refractivity contribution is 9.10. The molecule has 0 aromatic heterocycles. The maximum absolute atomic E-state index is 12.4. The van der Waals surface area contributed by atoms with Crippen molar-refractivity contribution >= 4 is 15.9 Å². The molecule has 12 heavy (non-hydrogen) atoms. The van der Waals surface area contributed by atoms with Crippen LogP contribution >= 0.6 is 15.9 Å². The normalized spacial score (nSPS) is 15.2. The minimum Gasteiger partial charge on any atom is -0.507 e. The molecule has 0 amide bonds. The third kappa shape index (κ3) is 1.91. The van der Waals surface area contributed by atoms with Crippen LogP contribution in [0.3, 0.4) is 0 Å². The first-order chi connectivity index (χ1) is 6.68. The van der Waals surface area contributed by atoms with E-state index in [1.165, 1.54) is 0 Å². The Balaban J connectivity index is 3.68. The minimum absolute atomic E-state index is 0.532. The molecule has 1 aromatic rings. The summed E-state index contributed by atoms with van der Waals surface area (Å²) in [7, 11) is 0. The third-order valence-corrected chi connectivity index (χ3v) is 1.61. The van der Waals surface area contributed by atoms with Crippen LogP contribution in [0.5, 0.6) is 5.75 Å². The van der Waals surface area contributed by atoms with E-state index in [-0.39, 0.29) is 0 Å². The number of phenols is 1. The quantitative estimate of drug-likeness (QED) is 0.743. The molecule has 1 aromatic carbocycles. The monoisotopic (exact) mass is 243 g/mol. The lowest BCUT2D eigenvalue weighted by Crippen LogP contribution is -2.04. The number of hydrogen-bond acceptors (Lipinski definition) is 1. The van der Waals surface area contributed by atoms with Gasteiger partial charge in [-0.05, 0) is 34.1 Å². The fraction of sp³-hybridized carbons (Fsp3) is 0.143. The van der Waals surface area contributed by atoms with E-state index in [0.717, 1.165) is 0 Å². The maximum Gasteiger partial charge on any atom is 0.416 e. The molecule has 0 radical (unpaired) electrons. The summed E-state index contributed by atoms with van der Waals surface area (Å²) < 4.78 is 57.8. The standard InChI is InChI=1S/C7H4BrF3O/c8-5-3-4(7(9,10)11)1-2-6(5)12/h1-3,12H/i1D,2D,3D. The van der Waals surface area contributed by atoms with Gasteiger partial charge in [-0.25, -0.2) is 0 Å². The Hall–Kier alpha value is -0.710. The van der Waals surface area contributed by atoms with E-state index in [0.29, 0.717) is 0 Å². The van der Waals surface area contributed by atoms with Gasteiger partial charge in [0.2, 0.25) is 0 Å². The van der Waals surface area contributed by atoms with E-state index < -0.39 is 40.1 Å². The second-order valence-electron chi connectivity index (χ2n) is 1.91. The lowest BCUT2D eigenvalue weighted by Gasteiger charge is -2.06. The SMILES string of the molecule is [2H]c1c([2H])c(C(F)(F)F)c([2H])c(Br)c1O. The highest BCUT2D eigenvalue weighted by atomic mass is 79.9. The molecular weight excluding hydrogens is 237 g/mol.